The Morgan fingerprint density at radius 3 is 2.64 bits per heavy atom. The molecule has 2 aromatic heterocycles. The standard InChI is InChI=1S/C9H10N4O/c1-6(10)9-12-8(13-14-9)7-2-4-11-5-3-7/h2-6H,10H2,1H3. The van der Waals surface area contributed by atoms with Gasteiger partial charge in [-0.2, -0.15) is 4.98 Å². The molecule has 0 aliphatic rings. The van der Waals surface area contributed by atoms with Gasteiger partial charge in [0, 0.05) is 18.0 Å². The third-order valence-corrected chi connectivity index (χ3v) is 1.77. The zero-order chi connectivity index (χ0) is 9.97. The fourth-order valence-corrected chi connectivity index (χ4v) is 1.04. The van der Waals surface area contributed by atoms with Crippen LogP contribution in [0.5, 0.6) is 0 Å². The van der Waals surface area contributed by atoms with Gasteiger partial charge >= 0.3 is 0 Å². The largest absolute Gasteiger partial charge is 0.337 e. The smallest absolute Gasteiger partial charge is 0.243 e. The number of rotatable bonds is 2. The SMILES string of the molecule is CC(N)c1nc(-c2ccncc2)no1. The van der Waals surface area contributed by atoms with Crippen molar-refractivity contribution in [3.63, 3.8) is 0 Å². The van der Waals surface area contributed by atoms with E-state index in [2.05, 4.69) is 15.1 Å². The number of nitrogens with two attached hydrogens (primary N) is 1. The molecule has 0 saturated heterocycles. The van der Waals surface area contributed by atoms with Crippen molar-refractivity contribution >= 4 is 0 Å². The fraction of sp³-hybridized carbons (Fsp3) is 0.222. The van der Waals surface area contributed by atoms with Crippen LogP contribution in [0.4, 0.5) is 0 Å². The van der Waals surface area contributed by atoms with Crippen molar-refractivity contribution in [1.29, 1.82) is 0 Å². The van der Waals surface area contributed by atoms with E-state index in [9.17, 15) is 0 Å². The Morgan fingerprint density at radius 1 is 1.36 bits per heavy atom. The number of pyridine rings is 1. The molecular formula is C9H10N4O. The van der Waals surface area contributed by atoms with Crippen LogP contribution in [0.15, 0.2) is 29.0 Å². The summed E-state index contributed by atoms with van der Waals surface area (Å²) in [5.74, 6) is 0.983. The Kier molecular flexibility index (Phi) is 2.24. The number of hydrogen-bond donors (Lipinski definition) is 1. The highest BCUT2D eigenvalue weighted by atomic mass is 16.5. The van der Waals surface area contributed by atoms with Gasteiger partial charge in [-0.15, -0.1) is 0 Å². The summed E-state index contributed by atoms with van der Waals surface area (Å²) >= 11 is 0. The van der Waals surface area contributed by atoms with Crippen molar-refractivity contribution < 1.29 is 4.52 Å². The van der Waals surface area contributed by atoms with Crippen LogP contribution < -0.4 is 5.73 Å². The van der Waals surface area contributed by atoms with Crippen molar-refractivity contribution in [3.05, 3.63) is 30.4 Å². The van der Waals surface area contributed by atoms with Gasteiger partial charge in [-0.3, -0.25) is 4.98 Å². The topological polar surface area (TPSA) is 77.8 Å². The lowest BCUT2D eigenvalue weighted by molar-refractivity contribution is 0.362. The summed E-state index contributed by atoms with van der Waals surface area (Å²) in [6.45, 7) is 1.80. The Bertz CT molecular complexity index is 410. The monoisotopic (exact) mass is 190 g/mol. The van der Waals surface area contributed by atoms with Gasteiger partial charge in [-0.1, -0.05) is 5.16 Å². The molecule has 0 aliphatic heterocycles. The molecule has 0 fully saturated rings. The van der Waals surface area contributed by atoms with E-state index >= 15 is 0 Å². The molecule has 2 rings (SSSR count). The van der Waals surface area contributed by atoms with E-state index in [0.29, 0.717) is 11.7 Å². The Morgan fingerprint density at radius 2 is 2.07 bits per heavy atom. The molecule has 5 heteroatoms. The van der Waals surface area contributed by atoms with E-state index in [1.54, 1.807) is 19.3 Å². The zero-order valence-electron chi connectivity index (χ0n) is 7.71. The van der Waals surface area contributed by atoms with Gasteiger partial charge < -0.3 is 10.3 Å². The van der Waals surface area contributed by atoms with Crippen LogP contribution in [0.2, 0.25) is 0 Å². The number of nitrogens with zero attached hydrogens (tertiary/aromatic N) is 3. The second kappa shape index (κ2) is 3.55. The van der Waals surface area contributed by atoms with E-state index in [-0.39, 0.29) is 6.04 Å². The number of hydrogen-bond acceptors (Lipinski definition) is 5. The molecule has 0 amide bonds. The second-order valence-electron chi connectivity index (χ2n) is 2.98. The maximum Gasteiger partial charge on any atom is 0.243 e. The van der Waals surface area contributed by atoms with Gasteiger partial charge in [0.1, 0.15) is 0 Å². The molecule has 72 valence electrons. The molecule has 1 atom stereocenters. The van der Waals surface area contributed by atoms with Crippen LogP contribution in [0.3, 0.4) is 0 Å². The third-order valence-electron chi connectivity index (χ3n) is 1.77. The lowest BCUT2D eigenvalue weighted by atomic mass is 10.2. The maximum absolute atomic E-state index is 5.60. The third kappa shape index (κ3) is 1.62. The summed E-state index contributed by atoms with van der Waals surface area (Å²) in [4.78, 5) is 8.05. The minimum absolute atomic E-state index is 0.238. The highest BCUT2D eigenvalue weighted by molar-refractivity contribution is 5.52. The normalized spacial score (nSPS) is 12.7. The van der Waals surface area contributed by atoms with E-state index < -0.39 is 0 Å². The molecule has 1 unspecified atom stereocenters. The van der Waals surface area contributed by atoms with Gasteiger partial charge in [0.2, 0.25) is 11.7 Å². The molecule has 0 aromatic carbocycles. The lowest BCUT2D eigenvalue weighted by Crippen LogP contribution is -2.04. The Labute approximate surface area is 81.0 Å². The molecular weight excluding hydrogens is 180 g/mol. The molecule has 0 bridgehead atoms. The first-order valence-corrected chi connectivity index (χ1v) is 4.27. The van der Waals surface area contributed by atoms with Gasteiger partial charge in [0.25, 0.3) is 0 Å². The summed E-state index contributed by atoms with van der Waals surface area (Å²) in [6, 6.07) is 3.39. The average molecular weight is 190 g/mol. The predicted octanol–water partition coefficient (Wildman–Crippen LogP) is 1.15. The van der Waals surface area contributed by atoms with Gasteiger partial charge in [-0.05, 0) is 19.1 Å². The summed E-state index contributed by atoms with van der Waals surface area (Å²) in [5.41, 5.74) is 6.47. The molecule has 2 aromatic rings. The second-order valence-corrected chi connectivity index (χ2v) is 2.98. The summed E-state index contributed by atoms with van der Waals surface area (Å²) in [5, 5.41) is 3.81. The predicted molar refractivity (Wildman–Crippen MR) is 50.1 cm³/mol. The molecule has 14 heavy (non-hydrogen) atoms. The van der Waals surface area contributed by atoms with E-state index in [1.165, 1.54) is 0 Å². The first-order valence-electron chi connectivity index (χ1n) is 4.27. The Balaban J connectivity index is 2.34. The van der Waals surface area contributed by atoms with Crippen molar-refractivity contribution in [2.75, 3.05) is 0 Å². The summed E-state index contributed by atoms with van der Waals surface area (Å²) < 4.78 is 4.97. The van der Waals surface area contributed by atoms with Gasteiger partial charge in [0.15, 0.2) is 0 Å². The first kappa shape index (κ1) is 8.83. The zero-order valence-corrected chi connectivity index (χ0v) is 7.71. The molecule has 2 N–H and O–H groups in total. The van der Waals surface area contributed by atoms with Crippen LogP contribution in [0.25, 0.3) is 11.4 Å². The van der Waals surface area contributed by atoms with Crippen molar-refractivity contribution in [2.24, 2.45) is 5.73 Å². The minimum Gasteiger partial charge on any atom is -0.337 e. The highest BCUT2D eigenvalue weighted by Crippen LogP contribution is 2.16. The van der Waals surface area contributed by atoms with Crippen molar-refractivity contribution in [3.8, 4) is 11.4 Å². The maximum atomic E-state index is 5.60. The van der Waals surface area contributed by atoms with Crippen LogP contribution >= 0.6 is 0 Å². The minimum atomic E-state index is -0.238. The molecule has 0 radical (unpaired) electrons. The van der Waals surface area contributed by atoms with E-state index in [1.807, 2.05) is 12.1 Å². The summed E-state index contributed by atoms with van der Waals surface area (Å²) in [7, 11) is 0. The quantitative estimate of drug-likeness (QED) is 0.768. The highest BCUT2D eigenvalue weighted by Gasteiger charge is 2.10. The summed E-state index contributed by atoms with van der Waals surface area (Å²) in [6.07, 6.45) is 3.36. The van der Waals surface area contributed by atoms with Crippen LogP contribution in [0, 0.1) is 0 Å². The molecule has 5 nitrogen and oxygen atoms in total. The van der Waals surface area contributed by atoms with Crippen molar-refractivity contribution in [1.82, 2.24) is 15.1 Å². The first-order chi connectivity index (χ1) is 6.77. The van der Waals surface area contributed by atoms with E-state index in [4.69, 9.17) is 10.3 Å². The number of aromatic nitrogens is 3. The van der Waals surface area contributed by atoms with Crippen LogP contribution in [0.1, 0.15) is 18.9 Å². The fourth-order valence-electron chi connectivity index (χ4n) is 1.04. The Hall–Kier alpha value is -1.75. The van der Waals surface area contributed by atoms with Crippen LogP contribution in [-0.2, 0) is 0 Å². The van der Waals surface area contributed by atoms with Crippen molar-refractivity contribution in [2.45, 2.75) is 13.0 Å². The molecule has 0 aliphatic carbocycles. The molecule has 0 spiro atoms. The van der Waals surface area contributed by atoms with Gasteiger partial charge in [0.05, 0.1) is 6.04 Å². The van der Waals surface area contributed by atoms with Gasteiger partial charge in [-0.25, -0.2) is 0 Å². The van der Waals surface area contributed by atoms with Crippen LogP contribution in [-0.4, -0.2) is 15.1 Å². The van der Waals surface area contributed by atoms with E-state index in [0.717, 1.165) is 5.56 Å². The average Bonchev–Trinajstić information content (AvgIpc) is 2.68. The lowest BCUT2D eigenvalue weighted by Gasteiger charge is -1.93. The molecule has 2 heterocycles. The molecule has 0 saturated carbocycles.